The third kappa shape index (κ3) is 3.19. The molecule has 3 N–H and O–H groups in total. The Morgan fingerprint density at radius 1 is 1.06 bits per heavy atom. The van der Waals surface area contributed by atoms with Crippen molar-refractivity contribution in [3.8, 4) is 0 Å². The molecule has 2 unspecified atom stereocenters. The first kappa shape index (κ1) is 12.3. The second-order valence-corrected chi connectivity index (χ2v) is 5.47. The quantitative estimate of drug-likeness (QED) is 0.761. The van der Waals surface area contributed by atoms with E-state index in [1.165, 1.54) is 44.9 Å². The van der Waals surface area contributed by atoms with Gasteiger partial charge in [-0.05, 0) is 44.7 Å². The number of nitrogens with zero attached hydrogens (tertiary/aromatic N) is 1. The summed E-state index contributed by atoms with van der Waals surface area (Å²) in [5, 5.41) is 9.57. The summed E-state index contributed by atoms with van der Waals surface area (Å²) in [5.41, 5.74) is 6.25. The van der Waals surface area contributed by atoms with Gasteiger partial charge in [-0.25, -0.2) is 0 Å². The van der Waals surface area contributed by atoms with Crippen LogP contribution in [0.3, 0.4) is 0 Å². The molecule has 3 nitrogen and oxygen atoms in total. The number of rotatable bonds is 4. The Bertz CT molecular complexity index is 198. The number of likely N-dealkylation sites (tertiary alicyclic amines) is 1. The van der Waals surface area contributed by atoms with E-state index >= 15 is 0 Å². The highest BCUT2D eigenvalue weighted by Gasteiger charge is 2.36. The Labute approximate surface area is 99.0 Å². The van der Waals surface area contributed by atoms with Gasteiger partial charge in [0.15, 0.2) is 0 Å². The highest BCUT2D eigenvalue weighted by Crippen LogP contribution is 2.34. The fourth-order valence-corrected chi connectivity index (χ4v) is 2.88. The highest BCUT2D eigenvalue weighted by atomic mass is 16.3. The van der Waals surface area contributed by atoms with E-state index in [2.05, 4.69) is 4.90 Å². The maximum atomic E-state index is 9.57. The summed E-state index contributed by atoms with van der Waals surface area (Å²) < 4.78 is 0. The fourth-order valence-electron chi connectivity index (χ4n) is 2.88. The fraction of sp³-hybridized carbons (Fsp3) is 1.00. The van der Waals surface area contributed by atoms with Gasteiger partial charge in [0.1, 0.15) is 0 Å². The first-order valence-corrected chi connectivity index (χ1v) is 6.93. The van der Waals surface area contributed by atoms with E-state index in [9.17, 15) is 5.11 Å². The largest absolute Gasteiger partial charge is 0.395 e. The average molecular weight is 226 g/mol. The maximum Gasteiger partial charge on any atom is 0.0602 e. The van der Waals surface area contributed by atoms with E-state index < -0.39 is 0 Å². The Morgan fingerprint density at radius 2 is 1.62 bits per heavy atom. The lowest BCUT2D eigenvalue weighted by molar-refractivity contribution is 0.0906. The van der Waals surface area contributed by atoms with Gasteiger partial charge in [0.05, 0.1) is 6.61 Å². The van der Waals surface area contributed by atoms with Gasteiger partial charge in [-0.1, -0.05) is 19.3 Å². The Morgan fingerprint density at radius 3 is 2.12 bits per heavy atom. The molecule has 2 rings (SSSR count). The molecule has 0 spiro atoms. The monoisotopic (exact) mass is 226 g/mol. The zero-order chi connectivity index (χ0) is 11.4. The summed E-state index contributed by atoms with van der Waals surface area (Å²) in [6.07, 6.45) is 9.14. The van der Waals surface area contributed by atoms with Crippen LogP contribution in [0.5, 0.6) is 0 Å². The van der Waals surface area contributed by atoms with E-state index in [1.807, 2.05) is 0 Å². The van der Waals surface area contributed by atoms with E-state index in [0.717, 1.165) is 13.1 Å². The normalized spacial score (nSPS) is 28.1. The van der Waals surface area contributed by atoms with Gasteiger partial charge in [-0.2, -0.15) is 0 Å². The van der Waals surface area contributed by atoms with E-state index in [1.54, 1.807) is 0 Å². The Kier molecular flexibility index (Phi) is 4.62. The standard InChI is InChI=1S/C13H26N2O/c14-13(11-6-7-11)12(10-16)15-8-4-2-1-3-5-9-15/h11-13,16H,1-10,14H2. The van der Waals surface area contributed by atoms with Gasteiger partial charge in [0, 0.05) is 12.1 Å². The summed E-state index contributed by atoms with van der Waals surface area (Å²) in [7, 11) is 0. The van der Waals surface area contributed by atoms with Gasteiger partial charge in [-0.15, -0.1) is 0 Å². The topological polar surface area (TPSA) is 49.5 Å². The minimum Gasteiger partial charge on any atom is -0.395 e. The summed E-state index contributed by atoms with van der Waals surface area (Å²) in [4.78, 5) is 2.45. The number of aliphatic hydroxyl groups excluding tert-OH is 1. The van der Waals surface area contributed by atoms with Gasteiger partial charge >= 0.3 is 0 Å². The molecule has 1 saturated carbocycles. The lowest BCUT2D eigenvalue weighted by Crippen LogP contribution is -2.52. The SMILES string of the molecule is NC(C1CC1)C(CO)N1CCCCCCC1. The van der Waals surface area contributed by atoms with Crippen LogP contribution in [0.1, 0.15) is 44.9 Å². The van der Waals surface area contributed by atoms with E-state index in [0.29, 0.717) is 5.92 Å². The van der Waals surface area contributed by atoms with Crippen LogP contribution in [0, 0.1) is 5.92 Å². The Balaban J connectivity index is 1.89. The molecule has 2 fully saturated rings. The van der Waals surface area contributed by atoms with Crippen LogP contribution in [-0.2, 0) is 0 Å². The maximum absolute atomic E-state index is 9.57. The van der Waals surface area contributed by atoms with Crippen LogP contribution in [-0.4, -0.2) is 41.8 Å². The predicted molar refractivity (Wildman–Crippen MR) is 66.2 cm³/mol. The van der Waals surface area contributed by atoms with Crippen molar-refractivity contribution in [2.75, 3.05) is 19.7 Å². The van der Waals surface area contributed by atoms with Crippen molar-refractivity contribution in [1.29, 1.82) is 0 Å². The molecule has 0 bridgehead atoms. The molecular weight excluding hydrogens is 200 g/mol. The summed E-state index contributed by atoms with van der Waals surface area (Å²) in [6, 6.07) is 0.412. The molecule has 1 aliphatic heterocycles. The van der Waals surface area contributed by atoms with Crippen molar-refractivity contribution in [1.82, 2.24) is 4.90 Å². The Hall–Kier alpha value is -0.120. The highest BCUT2D eigenvalue weighted by molar-refractivity contribution is 4.93. The van der Waals surface area contributed by atoms with Gasteiger partial charge < -0.3 is 10.8 Å². The predicted octanol–water partition coefficient (Wildman–Crippen LogP) is 1.35. The van der Waals surface area contributed by atoms with E-state index in [4.69, 9.17) is 5.73 Å². The van der Waals surface area contributed by atoms with Gasteiger partial charge in [0.2, 0.25) is 0 Å². The second-order valence-electron chi connectivity index (χ2n) is 5.47. The third-order valence-corrected chi connectivity index (χ3v) is 4.16. The molecule has 0 radical (unpaired) electrons. The molecule has 0 aromatic heterocycles. The molecule has 2 atom stereocenters. The summed E-state index contributed by atoms with van der Waals surface area (Å²) in [6.45, 7) is 2.50. The van der Waals surface area contributed by atoms with Crippen LogP contribution < -0.4 is 5.73 Å². The molecular formula is C13H26N2O. The van der Waals surface area contributed by atoms with Crippen LogP contribution in [0.4, 0.5) is 0 Å². The van der Waals surface area contributed by atoms with Crippen molar-refractivity contribution < 1.29 is 5.11 Å². The first-order valence-electron chi connectivity index (χ1n) is 6.93. The summed E-state index contributed by atoms with van der Waals surface area (Å²) >= 11 is 0. The third-order valence-electron chi connectivity index (χ3n) is 4.16. The van der Waals surface area contributed by atoms with E-state index in [-0.39, 0.29) is 18.7 Å². The molecule has 3 heteroatoms. The van der Waals surface area contributed by atoms with Crippen LogP contribution in [0.15, 0.2) is 0 Å². The van der Waals surface area contributed by atoms with Crippen LogP contribution in [0.25, 0.3) is 0 Å². The lowest BCUT2D eigenvalue weighted by Gasteiger charge is -2.35. The molecule has 1 heterocycles. The number of nitrogens with two attached hydrogens (primary N) is 1. The van der Waals surface area contributed by atoms with Crippen molar-refractivity contribution in [3.63, 3.8) is 0 Å². The van der Waals surface area contributed by atoms with Crippen molar-refractivity contribution in [2.24, 2.45) is 11.7 Å². The van der Waals surface area contributed by atoms with Crippen molar-refractivity contribution in [2.45, 2.75) is 57.0 Å². The molecule has 1 aliphatic carbocycles. The molecule has 0 aromatic carbocycles. The minimum absolute atomic E-state index is 0.199. The van der Waals surface area contributed by atoms with Crippen LogP contribution in [0.2, 0.25) is 0 Å². The minimum atomic E-state index is 0.199. The number of hydrogen-bond donors (Lipinski definition) is 2. The van der Waals surface area contributed by atoms with Crippen LogP contribution >= 0.6 is 0 Å². The molecule has 1 saturated heterocycles. The number of aliphatic hydroxyl groups is 1. The average Bonchev–Trinajstić information content (AvgIpc) is 3.04. The van der Waals surface area contributed by atoms with Crippen molar-refractivity contribution >= 4 is 0 Å². The summed E-state index contributed by atoms with van der Waals surface area (Å²) in [5.74, 6) is 0.683. The molecule has 16 heavy (non-hydrogen) atoms. The van der Waals surface area contributed by atoms with Gasteiger partial charge in [-0.3, -0.25) is 4.90 Å². The first-order chi connectivity index (χ1) is 7.83. The number of hydrogen-bond acceptors (Lipinski definition) is 3. The molecule has 0 aromatic rings. The zero-order valence-electron chi connectivity index (χ0n) is 10.3. The molecule has 2 aliphatic rings. The molecule has 0 amide bonds. The second kappa shape index (κ2) is 5.99. The van der Waals surface area contributed by atoms with Gasteiger partial charge in [0.25, 0.3) is 0 Å². The smallest absolute Gasteiger partial charge is 0.0602 e. The zero-order valence-corrected chi connectivity index (χ0v) is 10.3. The lowest BCUT2D eigenvalue weighted by atomic mass is 10.0. The molecule has 94 valence electrons. The van der Waals surface area contributed by atoms with Crippen molar-refractivity contribution in [3.05, 3.63) is 0 Å².